The fraction of sp³-hybridized carbons (Fsp3) is 0.455. The Morgan fingerprint density at radius 1 is 1.56 bits per heavy atom. The summed E-state index contributed by atoms with van der Waals surface area (Å²) >= 11 is 3.43. The fourth-order valence-electron chi connectivity index (χ4n) is 1.06. The third kappa shape index (κ3) is 3.81. The Labute approximate surface area is 104 Å². The highest BCUT2D eigenvalue weighted by Crippen LogP contribution is 2.28. The molecule has 0 atom stereocenters. The minimum atomic E-state index is 0.565. The second kappa shape index (κ2) is 7.22. The number of nitrogens with zero attached hydrogens (tertiary/aromatic N) is 2. The molecule has 1 rings (SSSR count). The molecule has 1 aromatic rings. The SMILES string of the molecule is C=CCCOc1ncnc(NCCC)c1Br. The Morgan fingerprint density at radius 3 is 3.06 bits per heavy atom. The standard InChI is InChI=1S/C11H16BrN3O/c1-3-5-7-16-11-9(12)10(13-6-4-2)14-8-15-11/h3,8H,1,4-7H2,2H3,(H,13,14,15). The monoisotopic (exact) mass is 285 g/mol. The van der Waals surface area contributed by atoms with Crippen molar-refractivity contribution in [1.82, 2.24) is 9.97 Å². The molecular formula is C11H16BrN3O. The van der Waals surface area contributed by atoms with Crippen LogP contribution in [0.15, 0.2) is 23.5 Å². The van der Waals surface area contributed by atoms with E-state index in [-0.39, 0.29) is 0 Å². The van der Waals surface area contributed by atoms with Gasteiger partial charge in [0, 0.05) is 6.54 Å². The summed E-state index contributed by atoms with van der Waals surface area (Å²) in [5, 5.41) is 3.20. The normalized spacial score (nSPS) is 9.88. The maximum Gasteiger partial charge on any atom is 0.233 e. The van der Waals surface area contributed by atoms with Crippen LogP contribution in [0.2, 0.25) is 0 Å². The molecule has 0 aromatic carbocycles. The molecule has 0 amide bonds. The molecule has 0 unspecified atom stereocenters. The number of hydrogen-bond donors (Lipinski definition) is 1. The lowest BCUT2D eigenvalue weighted by Gasteiger charge is -2.09. The van der Waals surface area contributed by atoms with E-state index < -0.39 is 0 Å². The first kappa shape index (κ1) is 13.0. The zero-order valence-corrected chi connectivity index (χ0v) is 11.0. The van der Waals surface area contributed by atoms with Crippen LogP contribution in [0, 0.1) is 0 Å². The average molecular weight is 286 g/mol. The largest absolute Gasteiger partial charge is 0.476 e. The maximum absolute atomic E-state index is 5.49. The van der Waals surface area contributed by atoms with Crippen LogP contribution in [0.3, 0.4) is 0 Å². The van der Waals surface area contributed by atoms with Crippen molar-refractivity contribution in [2.75, 3.05) is 18.5 Å². The van der Waals surface area contributed by atoms with Gasteiger partial charge in [0.25, 0.3) is 0 Å². The number of hydrogen-bond acceptors (Lipinski definition) is 4. The van der Waals surface area contributed by atoms with Crippen LogP contribution in [0.5, 0.6) is 5.88 Å². The molecule has 88 valence electrons. The van der Waals surface area contributed by atoms with Crippen LogP contribution in [0.1, 0.15) is 19.8 Å². The number of aromatic nitrogens is 2. The molecular weight excluding hydrogens is 270 g/mol. The highest BCUT2D eigenvalue weighted by atomic mass is 79.9. The minimum Gasteiger partial charge on any atom is -0.476 e. The topological polar surface area (TPSA) is 47.0 Å². The van der Waals surface area contributed by atoms with E-state index in [1.54, 1.807) is 0 Å². The van der Waals surface area contributed by atoms with Crippen LogP contribution in [-0.4, -0.2) is 23.1 Å². The summed E-state index contributed by atoms with van der Waals surface area (Å²) < 4.78 is 6.26. The molecule has 4 nitrogen and oxygen atoms in total. The predicted molar refractivity (Wildman–Crippen MR) is 68.8 cm³/mol. The van der Waals surface area contributed by atoms with E-state index in [2.05, 4.69) is 44.7 Å². The van der Waals surface area contributed by atoms with E-state index in [4.69, 9.17) is 4.74 Å². The maximum atomic E-state index is 5.49. The van der Waals surface area contributed by atoms with E-state index >= 15 is 0 Å². The Balaban J connectivity index is 2.65. The van der Waals surface area contributed by atoms with Gasteiger partial charge in [-0.1, -0.05) is 13.0 Å². The van der Waals surface area contributed by atoms with Gasteiger partial charge in [-0.05, 0) is 28.8 Å². The molecule has 0 aliphatic carbocycles. The molecule has 1 N–H and O–H groups in total. The van der Waals surface area contributed by atoms with Crippen LogP contribution >= 0.6 is 15.9 Å². The van der Waals surface area contributed by atoms with Crippen molar-refractivity contribution in [2.24, 2.45) is 0 Å². The number of rotatable bonds is 7. The Morgan fingerprint density at radius 2 is 2.38 bits per heavy atom. The van der Waals surface area contributed by atoms with Gasteiger partial charge in [0.05, 0.1) is 6.61 Å². The van der Waals surface area contributed by atoms with Gasteiger partial charge < -0.3 is 10.1 Å². The lowest BCUT2D eigenvalue weighted by Crippen LogP contribution is -2.05. The zero-order valence-electron chi connectivity index (χ0n) is 9.37. The molecule has 0 aliphatic rings. The van der Waals surface area contributed by atoms with Gasteiger partial charge in [-0.3, -0.25) is 0 Å². The van der Waals surface area contributed by atoms with Gasteiger partial charge in [0.15, 0.2) is 0 Å². The molecule has 0 bridgehead atoms. The van der Waals surface area contributed by atoms with Gasteiger partial charge in [-0.15, -0.1) is 6.58 Å². The Kier molecular flexibility index (Phi) is 5.85. The fourth-order valence-corrected chi connectivity index (χ4v) is 1.52. The van der Waals surface area contributed by atoms with Crippen LogP contribution in [0.4, 0.5) is 5.82 Å². The smallest absolute Gasteiger partial charge is 0.233 e. The Bertz CT molecular complexity index is 344. The first-order valence-corrected chi connectivity index (χ1v) is 6.07. The molecule has 0 aliphatic heterocycles. The molecule has 0 fully saturated rings. The van der Waals surface area contributed by atoms with Crippen molar-refractivity contribution in [1.29, 1.82) is 0 Å². The van der Waals surface area contributed by atoms with Crippen LogP contribution < -0.4 is 10.1 Å². The van der Waals surface area contributed by atoms with Crippen molar-refractivity contribution in [3.8, 4) is 5.88 Å². The van der Waals surface area contributed by atoms with Crippen molar-refractivity contribution >= 4 is 21.7 Å². The Hall–Kier alpha value is -1.10. The van der Waals surface area contributed by atoms with Crippen molar-refractivity contribution in [3.05, 3.63) is 23.5 Å². The summed E-state index contributed by atoms with van der Waals surface area (Å²) in [6, 6.07) is 0. The molecule has 0 spiro atoms. The summed E-state index contributed by atoms with van der Waals surface area (Å²) in [7, 11) is 0. The second-order valence-electron chi connectivity index (χ2n) is 3.19. The predicted octanol–water partition coefficient (Wildman–Crippen LogP) is 3.02. The summed E-state index contributed by atoms with van der Waals surface area (Å²) in [4.78, 5) is 8.20. The van der Waals surface area contributed by atoms with Gasteiger partial charge in [0.2, 0.25) is 5.88 Å². The summed E-state index contributed by atoms with van der Waals surface area (Å²) in [5.41, 5.74) is 0. The third-order valence-electron chi connectivity index (χ3n) is 1.86. The summed E-state index contributed by atoms with van der Waals surface area (Å²) in [5.74, 6) is 1.33. The molecule has 0 saturated carbocycles. The van der Waals surface area contributed by atoms with Gasteiger partial charge in [-0.2, -0.15) is 0 Å². The average Bonchev–Trinajstić information content (AvgIpc) is 2.30. The highest BCUT2D eigenvalue weighted by molar-refractivity contribution is 9.10. The lowest BCUT2D eigenvalue weighted by atomic mass is 10.4. The van der Waals surface area contributed by atoms with Crippen molar-refractivity contribution in [2.45, 2.75) is 19.8 Å². The molecule has 0 radical (unpaired) electrons. The van der Waals surface area contributed by atoms with Gasteiger partial charge in [-0.25, -0.2) is 9.97 Å². The van der Waals surface area contributed by atoms with Crippen LogP contribution in [-0.2, 0) is 0 Å². The molecule has 5 heteroatoms. The molecule has 1 heterocycles. The summed E-state index contributed by atoms with van der Waals surface area (Å²) in [6.07, 6.45) is 5.15. The molecule has 16 heavy (non-hydrogen) atoms. The summed E-state index contributed by atoms with van der Waals surface area (Å²) in [6.45, 7) is 7.19. The van der Waals surface area contributed by atoms with E-state index in [0.717, 1.165) is 29.7 Å². The number of anilines is 1. The first-order chi connectivity index (χ1) is 7.79. The van der Waals surface area contributed by atoms with Crippen LogP contribution in [0.25, 0.3) is 0 Å². The van der Waals surface area contributed by atoms with E-state index in [1.807, 2.05) is 6.08 Å². The number of nitrogens with one attached hydrogen (secondary N) is 1. The van der Waals surface area contributed by atoms with E-state index in [1.165, 1.54) is 6.33 Å². The molecule has 1 aromatic heterocycles. The number of halogens is 1. The van der Waals surface area contributed by atoms with Crippen molar-refractivity contribution < 1.29 is 4.74 Å². The van der Waals surface area contributed by atoms with Gasteiger partial charge in [0.1, 0.15) is 16.6 Å². The number of ether oxygens (including phenoxy) is 1. The third-order valence-corrected chi connectivity index (χ3v) is 2.58. The lowest BCUT2D eigenvalue weighted by molar-refractivity contribution is 0.310. The van der Waals surface area contributed by atoms with Crippen molar-refractivity contribution in [3.63, 3.8) is 0 Å². The van der Waals surface area contributed by atoms with E-state index in [0.29, 0.717) is 12.5 Å². The molecule has 0 saturated heterocycles. The quantitative estimate of drug-likeness (QED) is 0.618. The second-order valence-corrected chi connectivity index (χ2v) is 3.99. The highest BCUT2D eigenvalue weighted by Gasteiger charge is 2.08. The first-order valence-electron chi connectivity index (χ1n) is 5.27. The minimum absolute atomic E-state index is 0.565. The van der Waals surface area contributed by atoms with Gasteiger partial charge >= 0.3 is 0 Å². The zero-order chi connectivity index (χ0) is 11.8. The van der Waals surface area contributed by atoms with E-state index in [9.17, 15) is 0 Å².